The molecule has 0 saturated carbocycles. The van der Waals surface area contributed by atoms with Crippen LogP contribution in [-0.2, 0) is 0 Å². The number of allylic oxidation sites excluding steroid dienone is 5. The van der Waals surface area contributed by atoms with Crippen LogP contribution in [0.25, 0.3) is 5.57 Å². The minimum Gasteiger partial charge on any atom is -0.258 e. The van der Waals surface area contributed by atoms with Crippen molar-refractivity contribution in [2.75, 3.05) is 0 Å². The number of nitro benzene ring substituents is 1. The molecule has 1 aromatic carbocycles. The third-order valence-corrected chi connectivity index (χ3v) is 3.56. The molecule has 0 amide bonds. The van der Waals surface area contributed by atoms with Crippen molar-refractivity contribution in [3.05, 3.63) is 69.3 Å². The van der Waals surface area contributed by atoms with Gasteiger partial charge < -0.3 is 0 Å². The first-order chi connectivity index (χ1) is 10.6. The zero-order valence-electron chi connectivity index (χ0n) is 12.2. The summed E-state index contributed by atoms with van der Waals surface area (Å²) in [5, 5.41) is 10.8. The number of nitro groups is 1. The van der Waals surface area contributed by atoms with E-state index in [1.165, 1.54) is 25.1 Å². The highest BCUT2D eigenvalue weighted by molar-refractivity contribution is 5.81. The lowest BCUT2D eigenvalue weighted by Crippen LogP contribution is -2.18. The van der Waals surface area contributed by atoms with Crippen LogP contribution >= 0.6 is 0 Å². The Morgan fingerprint density at radius 2 is 2.04 bits per heavy atom. The Hall–Kier alpha value is -2.44. The first-order valence-electron chi connectivity index (χ1n) is 6.68. The molecule has 1 aliphatic carbocycles. The molecule has 0 saturated heterocycles. The Labute approximate surface area is 129 Å². The fraction of sp³-hybridized carbons (Fsp3) is 0.250. The number of hydrogen-bond acceptors (Lipinski definition) is 2. The quantitative estimate of drug-likeness (QED) is 0.442. The van der Waals surface area contributed by atoms with E-state index >= 15 is 0 Å². The molecule has 122 valence electrons. The number of alkyl halides is 4. The molecule has 0 unspecified atom stereocenters. The lowest BCUT2D eigenvalue weighted by Gasteiger charge is -2.20. The molecule has 1 aliphatic rings. The van der Waals surface area contributed by atoms with Crippen LogP contribution in [0.3, 0.4) is 0 Å². The SMILES string of the molecule is C=C(C1=C[C@H](F)CC(C(F)(F)F)=C1)c1ccc([N+](=O)[O-])c(C)c1. The average molecular weight is 327 g/mol. The lowest BCUT2D eigenvalue weighted by atomic mass is 9.90. The van der Waals surface area contributed by atoms with Gasteiger partial charge in [-0.2, -0.15) is 13.2 Å². The Morgan fingerprint density at radius 3 is 2.57 bits per heavy atom. The molecule has 0 aromatic heterocycles. The highest BCUT2D eigenvalue weighted by Crippen LogP contribution is 2.37. The fourth-order valence-corrected chi connectivity index (χ4v) is 2.36. The number of benzene rings is 1. The summed E-state index contributed by atoms with van der Waals surface area (Å²) in [5.41, 5.74) is -0.0825. The second kappa shape index (κ2) is 5.98. The van der Waals surface area contributed by atoms with Crippen molar-refractivity contribution in [2.24, 2.45) is 0 Å². The number of nitrogens with zero attached hydrogens (tertiary/aromatic N) is 1. The summed E-state index contributed by atoms with van der Waals surface area (Å²) < 4.78 is 52.0. The molecule has 7 heteroatoms. The van der Waals surface area contributed by atoms with Crippen LogP contribution in [0.1, 0.15) is 17.5 Å². The van der Waals surface area contributed by atoms with Crippen LogP contribution in [0, 0.1) is 17.0 Å². The molecule has 2 rings (SSSR count). The standard InChI is InChI=1S/C16H13F4NO2/c1-9-5-11(3-4-15(9)21(22)23)10(2)12-6-13(16(18,19)20)8-14(17)7-12/h3-7,14H,2,8H2,1H3/t14-/m0/s1. The number of aryl methyl sites for hydroxylation is 1. The van der Waals surface area contributed by atoms with Crippen LogP contribution < -0.4 is 0 Å². The zero-order chi connectivity index (χ0) is 17.4. The van der Waals surface area contributed by atoms with E-state index < -0.39 is 29.3 Å². The summed E-state index contributed by atoms with van der Waals surface area (Å²) in [5.74, 6) is 0. The Balaban J connectivity index is 2.38. The van der Waals surface area contributed by atoms with Gasteiger partial charge in [0.25, 0.3) is 5.69 Å². The smallest absolute Gasteiger partial charge is 0.258 e. The molecule has 23 heavy (non-hydrogen) atoms. The van der Waals surface area contributed by atoms with E-state index in [0.717, 1.165) is 12.2 Å². The molecule has 0 heterocycles. The van der Waals surface area contributed by atoms with Gasteiger partial charge in [0.05, 0.1) is 4.92 Å². The van der Waals surface area contributed by atoms with E-state index in [1.54, 1.807) is 0 Å². The number of halogens is 4. The Morgan fingerprint density at radius 1 is 1.39 bits per heavy atom. The third-order valence-electron chi connectivity index (χ3n) is 3.56. The summed E-state index contributed by atoms with van der Waals surface area (Å²) in [6, 6.07) is 4.09. The van der Waals surface area contributed by atoms with Crippen LogP contribution in [-0.4, -0.2) is 17.3 Å². The minimum absolute atomic E-state index is 0.0318. The molecule has 0 bridgehead atoms. The maximum absolute atomic E-state index is 13.6. The van der Waals surface area contributed by atoms with Gasteiger partial charge in [-0.05, 0) is 47.9 Å². The summed E-state index contributed by atoms with van der Waals surface area (Å²) in [4.78, 5) is 10.2. The maximum Gasteiger partial charge on any atom is 0.412 e. The van der Waals surface area contributed by atoms with Crippen molar-refractivity contribution in [1.82, 2.24) is 0 Å². The van der Waals surface area contributed by atoms with E-state index in [-0.39, 0.29) is 16.8 Å². The second-order valence-electron chi connectivity index (χ2n) is 5.25. The van der Waals surface area contributed by atoms with Crippen LogP contribution in [0.2, 0.25) is 0 Å². The highest BCUT2D eigenvalue weighted by Gasteiger charge is 2.36. The van der Waals surface area contributed by atoms with E-state index in [1.807, 2.05) is 0 Å². The lowest BCUT2D eigenvalue weighted by molar-refractivity contribution is -0.385. The molecule has 0 aliphatic heterocycles. The van der Waals surface area contributed by atoms with E-state index in [9.17, 15) is 27.7 Å². The first kappa shape index (κ1) is 16.9. The number of hydrogen-bond donors (Lipinski definition) is 0. The minimum atomic E-state index is -4.60. The molecule has 1 atom stereocenters. The van der Waals surface area contributed by atoms with Crippen LogP contribution in [0.15, 0.2) is 48.1 Å². The molecular weight excluding hydrogens is 314 g/mol. The normalized spacial score (nSPS) is 18.2. The average Bonchev–Trinajstić information content (AvgIpc) is 2.44. The van der Waals surface area contributed by atoms with Gasteiger partial charge in [-0.15, -0.1) is 0 Å². The van der Waals surface area contributed by atoms with Gasteiger partial charge in [0, 0.05) is 23.6 Å². The van der Waals surface area contributed by atoms with Gasteiger partial charge in [0.15, 0.2) is 0 Å². The maximum atomic E-state index is 13.6. The molecule has 1 aromatic rings. The monoisotopic (exact) mass is 327 g/mol. The second-order valence-corrected chi connectivity index (χ2v) is 5.25. The number of rotatable bonds is 3. The molecule has 0 fully saturated rings. The van der Waals surface area contributed by atoms with E-state index in [4.69, 9.17) is 0 Å². The van der Waals surface area contributed by atoms with Crippen molar-refractivity contribution in [3.63, 3.8) is 0 Å². The first-order valence-corrected chi connectivity index (χ1v) is 6.68. The van der Waals surface area contributed by atoms with Gasteiger partial charge in [-0.1, -0.05) is 6.58 Å². The van der Waals surface area contributed by atoms with Gasteiger partial charge in [-0.3, -0.25) is 10.1 Å². The van der Waals surface area contributed by atoms with E-state index in [2.05, 4.69) is 6.58 Å². The van der Waals surface area contributed by atoms with Crippen molar-refractivity contribution in [2.45, 2.75) is 25.7 Å². The topological polar surface area (TPSA) is 43.1 Å². The summed E-state index contributed by atoms with van der Waals surface area (Å²) in [7, 11) is 0. The molecule has 3 nitrogen and oxygen atoms in total. The van der Waals surface area contributed by atoms with Crippen LogP contribution in [0.5, 0.6) is 0 Å². The fourth-order valence-electron chi connectivity index (χ4n) is 2.36. The van der Waals surface area contributed by atoms with Crippen LogP contribution in [0.4, 0.5) is 23.2 Å². The van der Waals surface area contributed by atoms with Gasteiger partial charge in [0.1, 0.15) is 6.17 Å². The molecule has 0 spiro atoms. The predicted octanol–water partition coefficient (Wildman–Crippen LogP) is 5.07. The summed E-state index contributed by atoms with van der Waals surface area (Å²) in [6.45, 7) is 5.21. The van der Waals surface area contributed by atoms with Gasteiger partial charge >= 0.3 is 6.18 Å². The zero-order valence-corrected chi connectivity index (χ0v) is 12.2. The van der Waals surface area contributed by atoms with E-state index in [0.29, 0.717) is 11.1 Å². The Bertz CT molecular complexity index is 732. The predicted molar refractivity (Wildman–Crippen MR) is 78.6 cm³/mol. The van der Waals surface area contributed by atoms with Crippen molar-refractivity contribution >= 4 is 11.3 Å². The van der Waals surface area contributed by atoms with Gasteiger partial charge in [0.2, 0.25) is 0 Å². The molecule has 0 radical (unpaired) electrons. The highest BCUT2D eigenvalue weighted by atomic mass is 19.4. The van der Waals surface area contributed by atoms with Gasteiger partial charge in [-0.25, -0.2) is 4.39 Å². The largest absolute Gasteiger partial charge is 0.412 e. The Kier molecular flexibility index (Phi) is 4.40. The van der Waals surface area contributed by atoms with Crippen molar-refractivity contribution < 1.29 is 22.5 Å². The summed E-state index contributed by atoms with van der Waals surface area (Å²) in [6.07, 6.45) is -5.12. The molecule has 0 N–H and O–H groups in total. The van der Waals surface area contributed by atoms with Crippen molar-refractivity contribution in [3.8, 4) is 0 Å². The summed E-state index contributed by atoms with van der Waals surface area (Å²) >= 11 is 0. The third kappa shape index (κ3) is 3.67. The van der Waals surface area contributed by atoms with Crippen molar-refractivity contribution in [1.29, 1.82) is 0 Å². The molecular formula is C16H13F4NO2.